The average Bonchev–Trinajstić information content (AvgIpc) is 2.92. The first kappa shape index (κ1) is 27.3. The number of nitrogens with zero attached hydrogens (tertiary/aromatic N) is 4. The predicted molar refractivity (Wildman–Crippen MR) is 148 cm³/mol. The maximum absolute atomic E-state index is 13.6. The summed E-state index contributed by atoms with van der Waals surface area (Å²) in [5.74, 6) is 0.859. The smallest absolute Gasteiger partial charge is 0.270 e. The van der Waals surface area contributed by atoms with E-state index in [1.807, 2.05) is 0 Å². The summed E-state index contributed by atoms with van der Waals surface area (Å²) in [4.78, 5) is 61.2. The fourth-order valence-electron chi connectivity index (χ4n) is 6.82. The highest BCUT2D eigenvalue weighted by Gasteiger charge is 2.44. The zero-order valence-electron chi connectivity index (χ0n) is 23.3. The largest absolute Gasteiger partial charge is 0.353 e. The van der Waals surface area contributed by atoms with Gasteiger partial charge < -0.3 is 15.1 Å². The molecule has 9 nitrogen and oxygen atoms in total. The number of carbonyl (C=O) groups excluding carboxylic acids is 3. The molecule has 210 valence electrons. The van der Waals surface area contributed by atoms with Gasteiger partial charge in [-0.25, -0.2) is 4.98 Å². The van der Waals surface area contributed by atoms with Crippen LogP contribution in [0.2, 0.25) is 0 Å². The lowest BCUT2D eigenvalue weighted by Gasteiger charge is -2.51. The van der Waals surface area contributed by atoms with E-state index < -0.39 is 0 Å². The van der Waals surface area contributed by atoms with Crippen LogP contribution in [-0.4, -0.2) is 68.6 Å². The van der Waals surface area contributed by atoms with Gasteiger partial charge >= 0.3 is 0 Å². The number of amides is 3. The van der Waals surface area contributed by atoms with Crippen molar-refractivity contribution in [2.45, 2.75) is 77.8 Å². The topological polar surface area (TPSA) is 104 Å². The normalized spacial score (nSPS) is 28.8. The van der Waals surface area contributed by atoms with Crippen molar-refractivity contribution < 1.29 is 14.4 Å². The van der Waals surface area contributed by atoms with Crippen LogP contribution in [0, 0.1) is 23.7 Å². The molecule has 3 fully saturated rings. The Morgan fingerprint density at radius 3 is 2.69 bits per heavy atom. The molecule has 39 heavy (non-hydrogen) atoms. The zero-order valence-corrected chi connectivity index (χ0v) is 23.3. The number of carbonyl (C=O) groups is 3. The van der Waals surface area contributed by atoms with Crippen molar-refractivity contribution in [1.82, 2.24) is 24.5 Å². The van der Waals surface area contributed by atoms with Gasteiger partial charge in [0.2, 0.25) is 11.8 Å². The van der Waals surface area contributed by atoms with Crippen LogP contribution in [0.1, 0.15) is 76.1 Å². The van der Waals surface area contributed by atoms with E-state index in [-0.39, 0.29) is 58.7 Å². The van der Waals surface area contributed by atoms with Crippen LogP contribution in [0.15, 0.2) is 35.4 Å². The van der Waals surface area contributed by atoms with E-state index in [1.165, 1.54) is 10.6 Å². The van der Waals surface area contributed by atoms with Gasteiger partial charge in [0.05, 0.1) is 0 Å². The average molecular weight is 536 g/mol. The lowest BCUT2D eigenvalue weighted by molar-refractivity contribution is -0.141. The van der Waals surface area contributed by atoms with Gasteiger partial charge in [-0.05, 0) is 67.9 Å². The van der Waals surface area contributed by atoms with Gasteiger partial charge in [0.15, 0.2) is 0 Å². The van der Waals surface area contributed by atoms with Crippen molar-refractivity contribution >= 4 is 23.4 Å². The summed E-state index contributed by atoms with van der Waals surface area (Å²) < 4.78 is 1.41. The molecule has 2 aromatic heterocycles. The molecule has 0 aromatic carbocycles. The van der Waals surface area contributed by atoms with Gasteiger partial charge in [-0.1, -0.05) is 26.8 Å². The Morgan fingerprint density at radius 1 is 1.08 bits per heavy atom. The lowest BCUT2D eigenvalue weighted by Crippen LogP contribution is -2.60. The van der Waals surface area contributed by atoms with Gasteiger partial charge in [-0.15, -0.1) is 0 Å². The molecule has 0 saturated carbocycles. The van der Waals surface area contributed by atoms with E-state index in [9.17, 15) is 19.2 Å². The second kappa shape index (κ2) is 11.5. The second-order valence-corrected chi connectivity index (χ2v) is 12.3. The van der Waals surface area contributed by atoms with Crippen molar-refractivity contribution in [2.24, 2.45) is 23.7 Å². The molecule has 2 aromatic rings. The summed E-state index contributed by atoms with van der Waals surface area (Å²) in [5, 5.41) is 3.23. The quantitative estimate of drug-likeness (QED) is 0.637. The number of piperidine rings is 2. The van der Waals surface area contributed by atoms with E-state index in [0.717, 1.165) is 25.7 Å². The van der Waals surface area contributed by atoms with Crippen LogP contribution in [0.3, 0.4) is 0 Å². The summed E-state index contributed by atoms with van der Waals surface area (Å²) in [6.07, 6.45) is 8.14. The highest BCUT2D eigenvalue weighted by atomic mass is 16.2. The molecule has 3 amide bonds. The van der Waals surface area contributed by atoms with Gasteiger partial charge in [-0.2, -0.15) is 0 Å². The minimum Gasteiger partial charge on any atom is -0.353 e. The van der Waals surface area contributed by atoms with Crippen molar-refractivity contribution in [3.8, 4) is 0 Å². The van der Waals surface area contributed by atoms with Crippen LogP contribution < -0.4 is 10.9 Å². The van der Waals surface area contributed by atoms with Crippen molar-refractivity contribution in [3.05, 3.63) is 46.5 Å². The molecule has 3 saturated heterocycles. The van der Waals surface area contributed by atoms with Gasteiger partial charge in [0.1, 0.15) is 11.2 Å². The van der Waals surface area contributed by atoms with Crippen LogP contribution in [0.5, 0.6) is 0 Å². The molecule has 0 unspecified atom stereocenters. The van der Waals surface area contributed by atoms with Crippen molar-refractivity contribution in [1.29, 1.82) is 0 Å². The summed E-state index contributed by atoms with van der Waals surface area (Å²) in [6.45, 7) is 8.04. The second-order valence-electron chi connectivity index (χ2n) is 12.3. The number of fused-ring (bicyclic) bond motifs is 5. The van der Waals surface area contributed by atoms with Crippen LogP contribution in [0.25, 0.3) is 5.65 Å². The standard InChI is InChI=1S/C30H41N5O4/c1-19(2)24-11-10-20(3)13-28(37)35-17-21-14-22(25(35)7-6-9-27(36)32-24)18-33(16-21)29(38)23-15-31-26-8-4-5-12-34(26)30(23)39/h4-5,8,12,15,19-22,24-25H,6-7,9-11,13-14,16-18H2,1-3H3,(H,32,36)/t20-,21+,22+,24+,25+/m1/s1. The summed E-state index contributed by atoms with van der Waals surface area (Å²) >= 11 is 0. The Balaban J connectivity index is 1.35. The number of aromatic nitrogens is 2. The highest BCUT2D eigenvalue weighted by Crippen LogP contribution is 2.37. The van der Waals surface area contributed by atoms with Crippen LogP contribution >= 0.6 is 0 Å². The maximum atomic E-state index is 13.6. The molecule has 3 aliphatic heterocycles. The van der Waals surface area contributed by atoms with Gasteiger partial charge in [0.25, 0.3) is 11.5 Å². The third-order valence-electron chi connectivity index (χ3n) is 8.97. The number of nitrogens with one attached hydrogen (secondary N) is 1. The van der Waals surface area contributed by atoms with E-state index in [0.29, 0.717) is 50.5 Å². The minimum absolute atomic E-state index is 0.0122. The number of likely N-dealkylation sites (tertiary alicyclic amines) is 1. The number of pyridine rings is 1. The molecule has 3 aliphatic rings. The van der Waals surface area contributed by atoms with Crippen LogP contribution in [0.4, 0.5) is 0 Å². The molecule has 5 atom stereocenters. The maximum Gasteiger partial charge on any atom is 0.270 e. The third-order valence-corrected chi connectivity index (χ3v) is 8.97. The molecule has 5 rings (SSSR count). The molecular formula is C30H41N5O4. The van der Waals surface area contributed by atoms with E-state index in [4.69, 9.17) is 0 Å². The molecular weight excluding hydrogens is 494 g/mol. The molecule has 0 aliphatic carbocycles. The van der Waals surface area contributed by atoms with Crippen LogP contribution in [-0.2, 0) is 9.59 Å². The Morgan fingerprint density at radius 2 is 1.90 bits per heavy atom. The lowest BCUT2D eigenvalue weighted by atomic mass is 9.77. The molecule has 0 spiro atoms. The van der Waals surface area contributed by atoms with Gasteiger partial charge in [-0.3, -0.25) is 23.6 Å². The Labute approximate surface area is 230 Å². The summed E-state index contributed by atoms with van der Waals surface area (Å²) in [5.41, 5.74) is 0.220. The fourth-order valence-corrected chi connectivity index (χ4v) is 6.82. The number of rotatable bonds is 2. The summed E-state index contributed by atoms with van der Waals surface area (Å²) in [6, 6.07) is 5.41. The Kier molecular flexibility index (Phi) is 8.05. The van der Waals surface area contributed by atoms with E-state index in [1.54, 1.807) is 29.3 Å². The van der Waals surface area contributed by atoms with E-state index >= 15 is 0 Å². The van der Waals surface area contributed by atoms with Gasteiger partial charge in [0, 0.05) is 57.0 Å². The number of hydrogen-bond acceptors (Lipinski definition) is 5. The van der Waals surface area contributed by atoms with Crippen molar-refractivity contribution in [3.63, 3.8) is 0 Å². The monoisotopic (exact) mass is 535 g/mol. The molecule has 0 radical (unpaired) electrons. The number of hydrogen-bond donors (Lipinski definition) is 1. The first-order valence-electron chi connectivity index (χ1n) is 14.6. The third kappa shape index (κ3) is 5.87. The molecule has 9 heteroatoms. The Hall–Kier alpha value is -3.23. The summed E-state index contributed by atoms with van der Waals surface area (Å²) in [7, 11) is 0. The molecule has 2 bridgehead atoms. The SMILES string of the molecule is CC(C)[C@@H]1CC[C@@H](C)CC(=O)N2C[C@H]3C[C@@H](CN(C(=O)c4cnc5ccccn5c4=O)C3)[C@@H]2CCCC(=O)N1. The molecule has 5 heterocycles. The van der Waals surface area contributed by atoms with E-state index in [2.05, 4.69) is 36.0 Å². The molecule has 1 N–H and O–H groups in total. The minimum atomic E-state index is -0.361. The fraction of sp³-hybridized carbons (Fsp3) is 0.633. The predicted octanol–water partition coefficient (Wildman–Crippen LogP) is 3.11. The Bertz CT molecular complexity index is 1290. The van der Waals surface area contributed by atoms with Crippen molar-refractivity contribution in [2.75, 3.05) is 19.6 Å². The highest BCUT2D eigenvalue weighted by molar-refractivity contribution is 5.94. The first-order chi connectivity index (χ1) is 18.7. The first-order valence-corrected chi connectivity index (χ1v) is 14.6. The zero-order chi connectivity index (χ0) is 27.7.